The van der Waals surface area contributed by atoms with Crippen LogP contribution in [0.5, 0.6) is 0 Å². The standard InChI is InChI=1S/C5H10INO2/c1-4-2-3-9-5(8)7(4)6/h4-5,8H,2-3H2,1H3. The lowest BCUT2D eigenvalue weighted by molar-refractivity contribution is -0.186. The molecule has 1 saturated heterocycles. The summed E-state index contributed by atoms with van der Waals surface area (Å²) in [5.41, 5.74) is 0. The molecule has 0 aliphatic carbocycles. The van der Waals surface area contributed by atoms with E-state index in [4.69, 9.17) is 9.84 Å². The molecule has 0 spiro atoms. The van der Waals surface area contributed by atoms with E-state index >= 15 is 0 Å². The predicted octanol–water partition coefficient (Wildman–Crippen LogP) is 0.723. The number of aliphatic hydroxyl groups is 1. The van der Waals surface area contributed by atoms with Gasteiger partial charge in [0.05, 0.1) is 6.61 Å². The van der Waals surface area contributed by atoms with Gasteiger partial charge in [0.2, 0.25) is 6.41 Å². The molecule has 3 nitrogen and oxygen atoms in total. The van der Waals surface area contributed by atoms with Crippen molar-refractivity contribution in [2.24, 2.45) is 0 Å². The normalized spacial score (nSPS) is 39.0. The highest BCUT2D eigenvalue weighted by Gasteiger charge is 2.23. The molecule has 0 amide bonds. The molecule has 1 heterocycles. The first-order valence-corrected chi connectivity index (χ1v) is 3.92. The van der Waals surface area contributed by atoms with Crippen LogP contribution in [0, 0.1) is 0 Å². The Hall–Kier alpha value is 0.610. The van der Waals surface area contributed by atoms with E-state index in [-0.39, 0.29) is 0 Å². The third kappa shape index (κ3) is 1.76. The van der Waals surface area contributed by atoms with Crippen molar-refractivity contribution in [3.8, 4) is 0 Å². The van der Waals surface area contributed by atoms with Crippen LogP contribution in [0.2, 0.25) is 0 Å². The first kappa shape index (κ1) is 7.71. The molecule has 54 valence electrons. The van der Waals surface area contributed by atoms with E-state index in [1.54, 1.807) is 3.11 Å². The maximum Gasteiger partial charge on any atom is 0.224 e. The van der Waals surface area contributed by atoms with E-state index in [2.05, 4.69) is 29.8 Å². The largest absolute Gasteiger partial charge is 0.355 e. The van der Waals surface area contributed by atoms with Crippen LogP contribution in [0.1, 0.15) is 13.3 Å². The van der Waals surface area contributed by atoms with Gasteiger partial charge < -0.3 is 9.84 Å². The fourth-order valence-electron chi connectivity index (χ4n) is 0.756. The fourth-order valence-corrected chi connectivity index (χ4v) is 1.20. The van der Waals surface area contributed by atoms with Gasteiger partial charge in [0.15, 0.2) is 0 Å². The van der Waals surface area contributed by atoms with Crippen LogP contribution in [0.15, 0.2) is 0 Å². The molecule has 2 atom stereocenters. The zero-order valence-corrected chi connectivity index (χ0v) is 7.41. The van der Waals surface area contributed by atoms with Crippen LogP contribution in [0.3, 0.4) is 0 Å². The topological polar surface area (TPSA) is 32.7 Å². The Bertz CT molecular complexity index is 91.0. The van der Waals surface area contributed by atoms with Crippen molar-refractivity contribution in [3.63, 3.8) is 0 Å². The molecule has 2 unspecified atom stereocenters. The van der Waals surface area contributed by atoms with E-state index in [9.17, 15) is 0 Å². The monoisotopic (exact) mass is 243 g/mol. The number of hydrogen-bond acceptors (Lipinski definition) is 3. The third-order valence-electron chi connectivity index (χ3n) is 1.43. The van der Waals surface area contributed by atoms with Gasteiger partial charge in [-0.25, -0.2) is 0 Å². The van der Waals surface area contributed by atoms with Crippen LogP contribution >= 0.6 is 22.9 Å². The van der Waals surface area contributed by atoms with Gasteiger partial charge in [0, 0.05) is 28.9 Å². The number of hydrogen-bond donors (Lipinski definition) is 1. The Morgan fingerprint density at radius 2 is 2.44 bits per heavy atom. The molecule has 0 aromatic carbocycles. The van der Waals surface area contributed by atoms with Gasteiger partial charge in [-0.15, -0.1) is 0 Å². The number of halogens is 1. The average Bonchev–Trinajstić information content (AvgIpc) is 1.83. The van der Waals surface area contributed by atoms with E-state index in [1.165, 1.54) is 0 Å². The van der Waals surface area contributed by atoms with Gasteiger partial charge in [0.25, 0.3) is 0 Å². The minimum absolute atomic E-state index is 0.425. The van der Waals surface area contributed by atoms with Gasteiger partial charge in [0.1, 0.15) is 0 Å². The smallest absolute Gasteiger partial charge is 0.224 e. The third-order valence-corrected chi connectivity index (χ3v) is 2.86. The summed E-state index contributed by atoms with van der Waals surface area (Å²) in [5, 5.41) is 9.04. The van der Waals surface area contributed by atoms with E-state index in [0.717, 1.165) is 6.42 Å². The zero-order valence-electron chi connectivity index (χ0n) is 5.25. The molecule has 1 rings (SSSR count). The van der Waals surface area contributed by atoms with Crippen LogP contribution in [-0.2, 0) is 4.74 Å². The highest BCUT2D eigenvalue weighted by molar-refractivity contribution is 14.1. The van der Waals surface area contributed by atoms with Gasteiger partial charge in [-0.3, -0.25) is 0 Å². The van der Waals surface area contributed by atoms with Gasteiger partial charge in [-0.1, -0.05) is 0 Å². The highest BCUT2D eigenvalue weighted by Crippen LogP contribution is 2.18. The molecule has 0 saturated carbocycles. The number of nitrogens with zero attached hydrogens (tertiary/aromatic N) is 1. The minimum atomic E-state index is -0.700. The first-order chi connectivity index (χ1) is 4.22. The van der Waals surface area contributed by atoms with Crippen molar-refractivity contribution < 1.29 is 9.84 Å². The van der Waals surface area contributed by atoms with Crippen LogP contribution in [0.4, 0.5) is 0 Å². The maximum absolute atomic E-state index is 9.04. The van der Waals surface area contributed by atoms with Crippen molar-refractivity contribution in [2.75, 3.05) is 6.61 Å². The zero-order chi connectivity index (χ0) is 6.85. The van der Waals surface area contributed by atoms with Crippen molar-refractivity contribution >= 4 is 22.9 Å². The van der Waals surface area contributed by atoms with Crippen LogP contribution in [0.25, 0.3) is 0 Å². The summed E-state index contributed by atoms with van der Waals surface area (Å²) in [4.78, 5) is 0. The molecule has 4 heteroatoms. The Labute approximate surface area is 68.5 Å². The summed E-state index contributed by atoms with van der Waals surface area (Å²) in [6.07, 6.45) is 0.300. The summed E-state index contributed by atoms with van der Waals surface area (Å²) in [7, 11) is 0. The molecular weight excluding hydrogens is 233 g/mol. The molecule has 1 fully saturated rings. The number of aliphatic hydroxyl groups excluding tert-OH is 1. The molecule has 1 N–H and O–H groups in total. The molecule has 1 aliphatic heterocycles. The summed E-state index contributed by atoms with van der Waals surface area (Å²) < 4.78 is 6.71. The summed E-state index contributed by atoms with van der Waals surface area (Å²) in [6, 6.07) is 0.425. The minimum Gasteiger partial charge on any atom is -0.355 e. The molecule has 0 aromatic rings. The summed E-state index contributed by atoms with van der Waals surface area (Å²) in [6.45, 7) is 2.74. The molecule has 9 heavy (non-hydrogen) atoms. The average molecular weight is 243 g/mol. The van der Waals surface area contributed by atoms with Gasteiger partial charge in [-0.05, 0) is 13.3 Å². The highest BCUT2D eigenvalue weighted by atomic mass is 127. The second-order valence-electron chi connectivity index (χ2n) is 2.18. The Morgan fingerprint density at radius 1 is 1.78 bits per heavy atom. The Morgan fingerprint density at radius 3 is 2.89 bits per heavy atom. The van der Waals surface area contributed by atoms with Crippen molar-refractivity contribution in [2.45, 2.75) is 25.8 Å². The number of rotatable bonds is 0. The van der Waals surface area contributed by atoms with Crippen molar-refractivity contribution in [1.82, 2.24) is 3.11 Å². The van der Waals surface area contributed by atoms with Gasteiger partial charge >= 0.3 is 0 Å². The summed E-state index contributed by atoms with van der Waals surface area (Å²) >= 11 is 2.07. The summed E-state index contributed by atoms with van der Waals surface area (Å²) in [5.74, 6) is 0. The molecule has 1 aliphatic rings. The fraction of sp³-hybridized carbons (Fsp3) is 1.00. The molecule has 0 radical (unpaired) electrons. The lowest BCUT2D eigenvalue weighted by Gasteiger charge is -2.31. The van der Waals surface area contributed by atoms with Crippen molar-refractivity contribution in [1.29, 1.82) is 0 Å². The maximum atomic E-state index is 9.04. The Balaban J connectivity index is 2.41. The molecular formula is C5H10INO2. The van der Waals surface area contributed by atoms with E-state index in [1.807, 2.05) is 0 Å². The second-order valence-corrected chi connectivity index (χ2v) is 3.29. The van der Waals surface area contributed by atoms with E-state index < -0.39 is 6.41 Å². The van der Waals surface area contributed by atoms with Crippen LogP contribution < -0.4 is 0 Å². The van der Waals surface area contributed by atoms with Crippen molar-refractivity contribution in [3.05, 3.63) is 0 Å². The number of ether oxygens (including phenoxy) is 1. The Kier molecular flexibility index (Phi) is 2.69. The molecule has 0 aromatic heterocycles. The first-order valence-electron chi connectivity index (χ1n) is 2.95. The van der Waals surface area contributed by atoms with E-state index in [0.29, 0.717) is 12.6 Å². The quantitative estimate of drug-likeness (QED) is 0.502. The lowest BCUT2D eigenvalue weighted by atomic mass is 10.2. The van der Waals surface area contributed by atoms with Crippen LogP contribution in [-0.4, -0.2) is 27.3 Å². The lowest BCUT2D eigenvalue weighted by Crippen LogP contribution is -2.41. The SMILES string of the molecule is CC1CCOC(O)N1I. The molecule has 0 bridgehead atoms. The van der Waals surface area contributed by atoms with Gasteiger partial charge in [-0.2, -0.15) is 3.11 Å². The predicted molar refractivity (Wildman–Crippen MR) is 41.9 cm³/mol. The second kappa shape index (κ2) is 3.14.